The molecule has 0 aliphatic rings. The number of hydrogen-bond donors (Lipinski definition) is 1. The van der Waals surface area contributed by atoms with Crippen molar-refractivity contribution in [1.82, 2.24) is 0 Å². The Morgan fingerprint density at radius 3 is 1.64 bits per heavy atom. The highest BCUT2D eigenvalue weighted by Crippen LogP contribution is 2.19. The second-order valence-corrected chi connectivity index (χ2v) is 5.91. The Morgan fingerprint density at radius 2 is 1.08 bits per heavy atom. The second-order valence-electron chi connectivity index (χ2n) is 5.91. The summed E-state index contributed by atoms with van der Waals surface area (Å²) in [5.74, 6) is 0.241. The Kier molecular flexibility index (Phi) is 6.21. The van der Waals surface area contributed by atoms with E-state index in [1.807, 2.05) is 66.7 Å². The van der Waals surface area contributed by atoms with E-state index in [1.54, 1.807) is 12.1 Å². The van der Waals surface area contributed by atoms with Gasteiger partial charge in [-0.25, -0.2) is 0 Å². The van der Waals surface area contributed by atoms with Crippen LogP contribution in [0.2, 0.25) is 0 Å². The van der Waals surface area contributed by atoms with Gasteiger partial charge in [0.05, 0.1) is 26.4 Å². The molecule has 0 aromatic heterocycles. The predicted molar refractivity (Wildman–Crippen MR) is 98.0 cm³/mol. The lowest BCUT2D eigenvalue weighted by Crippen LogP contribution is -2.01. The Hall–Kier alpha value is -2.62. The van der Waals surface area contributed by atoms with Gasteiger partial charge in [0.25, 0.3) is 0 Å². The van der Waals surface area contributed by atoms with Gasteiger partial charge in [-0.05, 0) is 34.4 Å². The van der Waals surface area contributed by atoms with E-state index in [1.165, 1.54) is 0 Å². The zero-order valence-corrected chi connectivity index (χ0v) is 14.1. The second kappa shape index (κ2) is 9.02. The number of rotatable bonds is 8. The van der Waals surface area contributed by atoms with Crippen LogP contribution in [-0.2, 0) is 35.9 Å². The van der Waals surface area contributed by atoms with Gasteiger partial charge < -0.3 is 14.6 Å². The van der Waals surface area contributed by atoms with Crippen LogP contribution < -0.4 is 0 Å². The normalized spacial score (nSPS) is 10.7. The Morgan fingerprint density at radius 1 is 0.560 bits per heavy atom. The molecule has 0 saturated carbocycles. The summed E-state index contributed by atoms with van der Waals surface area (Å²) in [6.45, 7) is 2.03. The number of benzene rings is 3. The van der Waals surface area contributed by atoms with E-state index in [9.17, 15) is 5.11 Å². The van der Waals surface area contributed by atoms with Crippen molar-refractivity contribution in [2.24, 2.45) is 0 Å². The van der Waals surface area contributed by atoms with Crippen LogP contribution in [-0.4, -0.2) is 5.11 Å². The average Bonchev–Trinajstić information content (AvgIpc) is 2.65. The van der Waals surface area contributed by atoms with Gasteiger partial charge in [-0.1, -0.05) is 66.7 Å². The van der Waals surface area contributed by atoms with E-state index in [2.05, 4.69) is 0 Å². The van der Waals surface area contributed by atoms with Crippen LogP contribution >= 0.6 is 0 Å². The maximum absolute atomic E-state index is 9.76. The summed E-state index contributed by atoms with van der Waals surface area (Å²) in [4.78, 5) is 0. The number of aromatic hydroxyl groups is 1. The van der Waals surface area contributed by atoms with Gasteiger partial charge >= 0.3 is 0 Å². The minimum absolute atomic E-state index is 0.241. The Labute approximate surface area is 148 Å². The molecule has 0 fully saturated rings. The average molecular weight is 334 g/mol. The predicted octanol–water partition coefficient (Wildman–Crippen LogP) is 4.83. The first kappa shape index (κ1) is 17.2. The van der Waals surface area contributed by atoms with E-state index in [0.717, 1.165) is 22.3 Å². The van der Waals surface area contributed by atoms with E-state index in [4.69, 9.17) is 9.47 Å². The van der Waals surface area contributed by atoms with Gasteiger partial charge in [0.1, 0.15) is 5.75 Å². The molecule has 0 bridgehead atoms. The van der Waals surface area contributed by atoms with Gasteiger partial charge in [0.15, 0.2) is 0 Å². The zero-order chi connectivity index (χ0) is 17.3. The summed E-state index contributed by atoms with van der Waals surface area (Å²) in [5, 5.41) is 9.76. The molecule has 0 aliphatic carbocycles. The van der Waals surface area contributed by atoms with Crippen LogP contribution in [0.4, 0.5) is 0 Å². The molecule has 0 amide bonds. The summed E-state index contributed by atoms with van der Waals surface area (Å²) < 4.78 is 11.6. The molecule has 3 heteroatoms. The molecule has 0 aliphatic heterocycles. The first-order chi connectivity index (χ1) is 12.3. The van der Waals surface area contributed by atoms with Gasteiger partial charge in [-0.3, -0.25) is 0 Å². The molecule has 3 rings (SSSR count). The highest BCUT2D eigenvalue weighted by molar-refractivity contribution is 5.34. The molecule has 3 aromatic rings. The molecule has 0 atom stereocenters. The largest absolute Gasteiger partial charge is 0.508 e. The fourth-order valence-electron chi connectivity index (χ4n) is 2.59. The van der Waals surface area contributed by atoms with Crippen molar-refractivity contribution in [2.75, 3.05) is 0 Å². The third-order valence-electron chi connectivity index (χ3n) is 3.93. The Balaban J connectivity index is 1.56. The number of phenols is 1. The molecule has 0 spiro atoms. The lowest BCUT2D eigenvalue weighted by Gasteiger charge is -2.12. The van der Waals surface area contributed by atoms with Crippen molar-refractivity contribution >= 4 is 0 Å². The van der Waals surface area contributed by atoms with Crippen LogP contribution in [0.1, 0.15) is 22.3 Å². The van der Waals surface area contributed by atoms with Crippen molar-refractivity contribution in [2.45, 2.75) is 26.4 Å². The van der Waals surface area contributed by atoms with Gasteiger partial charge in [-0.2, -0.15) is 0 Å². The molecule has 0 unspecified atom stereocenters. The van der Waals surface area contributed by atoms with E-state index in [-0.39, 0.29) is 5.75 Å². The van der Waals surface area contributed by atoms with Crippen molar-refractivity contribution < 1.29 is 14.6 Å². The third-order valence-corrected chi connectivity index (χ3v) is 3.93. The first-order valence-corrected chi connectivity index (χ1v) is 8.35. The lowest BCUT2D eigenvalue weighted by atomic mass is 10.1. The van der Waals surface area contributed by atoms with E-state index >= 15 is 0 Å². The maximum Gasteiger partial charge on any atom is 0.115 e. The van der Waals surface area contributed by atoms with Crippen molar-refractivity contribution in [3.05, 3.63) is 101 Å². The quantitative estimate of drug-likeness (QED) is 0.641. The minimum Gasteiger partial charge on any atom is -0.508 e. The van der Waals surface area contributed by atoms with Crippen molar-refractivity contribution in [3.63, 3.8) is 0 Å². The van der Waals surface area contributed by atoms with Crippen LogP contribution in [0.3, 0.4) is 0 Å². The molecule has 128 valence electrons. The summed E-state index contributed by atoms with van der Waals surface area (Å²) in [6, 6.07) is 25.4. The molecule has 1 N–H and O–H groups in total. The highest BCUT2D eigenvalue weighted by atomic mass is 16.5. The minimum atomic E-state index is 0.241. The van der Waals surface area contributed by atoms with Crippen LogP contribution in [0.25, 0.3) is 0 Å². The monoisotopic (exact) mass is 334 g/mol. The molecule has 0 heterocycles. The summed E-state index contributed by atoms with van der Waals surface area (Å²) in [5.41, 5.74) is 4.25. The van der Waals surface area contributed by atoms with Crippen LogP contribution in [0.15, 0.2) is 78.9 Å². The van der Waals surface area contributed by atoms with Crippen molar-refractivity contribution in [3.8, 4) is 5.75 Å². The molecule has 3 aromatic carbocycles. The Bertz CT molecular complexity index is 770. The van der Waals surface area contributed by atoms with Crippen LogP contribution in [0, 0.1) is 0 Å². The van der Waals surface area contributed by atoms with E-state index in [0.29, 0.717) is 26.4 Å². The molecule has 25 heavy (non-hydrogen) atoms. The molecule has 0 saturated heterocycles. The molecular weight excluding hydrogens is 312 g/mol. The summed E-state index contributed by atoms with van der Waals surface area (Å²) in [7, 11) is 0. The smallest absolute Gasteiger partial charge is 0.115 e. The third kappa shape index (κ3) is 5.45. The molecule has 0 radical (unpaired) electrons. The lowest BCUT2D eigenvalue weighted by molar-refractivity contribution is 0.0933. The number of hydrogen-bond acceptors (Lipinski definition) is 3. The number of ether oxygens (including phenoxy) is 2. The maximum atomic E-state index is 9.76. The SMILES string of the molecule is Oc1ccc(COCc2ccccc2)c(COCc2ccccc2)c1. The fraction of sp³-hybridized carbons (Fsp3) is 0.182. The first-order valence-electron chi connectivity index (χ1n) is 8.35. The number of phenolic OH excluding ortho intramolecular Hbond substituents is 1. The highest BCUT2D eigenvalue weighted by Gasteiger charge is 2.05. The van der Waals surface area contributed by atoms with Crippen molar-refractivity contribution in [1.29, 1.82) is 0 Å². The molecule has 3 nitrogen and oxygen atoms in total. The van der Waals surface area contributed by atoms with Crippen LogP contribution in [0.5, 0.6) is 5.75 Å². The zero-order valence-electron chi connectivity index (χ0n) is 14.1. The summed E-state index contributed by atoms with van der Waals surface area (Å²) >= 11 is 0. The van der Waals surface area contributed by atoms with E-state index < -0.39 is 0 Å². The fourth-order valence-corrected chi connectivity index (χ4v) is 2.59. The van der Waals surface area contributed by atoms with Gasteiger partial charge in [0.2, 0.25) is 0 Å². The topological polar surface area (TPSA) is 38.7 Å². The standard InChI is InChI=1S/C22H22O3/c23-22-12-11-20(16-24-14-18-7-3-1-4-8-18)21(13-22)17-25-15-19-9-5-2-6-10-19/h1-13,23H,14-17H2. The summed E-state index contributed by atoms with van der Waals surface area (Å²) in [6.07, 6.45) is 0. The van der Waals surface area contributed by atoms with Gasteiger partial charge in [0, 0.05) is 0 Å². The molecular formula is C22H22O3. The van der Waals surface area contributed by atoms with Gasteiger partial charge in [-0.15, -0.1) is 0 Å².